The maximum Gasteiger partial charge on any atom is 0.292 e. The first kappa shape index (κ1) is 14.7. The fourth-order valence-electron chi connectivity index (χ4n) is 2.66. The summed E-state index contributed by atoms with van der Waals surface area (Å²) in [4.78, 5) is 12.8. The third-order valence-electron chi connectivity index (χ3n) is 3.65. The number of anilines is 1. The lowest BCUT2D eigenvalue weighted by Crippen LogP contribution is -2.23. The molecule has 0 aliphatic carbocycles. The first-order chi connectivity index (χ1) is 9.60. The highest BCUT2D eigenvalue weighted by molar-refractivity contribution is 5.61. The van der Waals surface area contributed by atoms with Crippen LogP contribution in [0.4, 0.5) is 15.8 Å². The Hall–Kier alpha value is -1.69. The van der Waals surface area contributed by atoms with Gasteiger partial charge in [-0.3, -0.25) is 10.1 Å². The van der Waals surface area contributed by atoms with E-state index in [1.165, 1.54) is 12.1 Å². The van der Waals surface area contributed by atoms with Crippen LogP contribution < -0.4 is 5.32 Å². The van der Waals surface area contributed by atoms with Gasteiger partial charge in [0.05, 0.1) is 4.92 Å². The largest absolute Gasteiger partial charge is 0.379 e. The fourth-order valence-corrected chi connectivity index (χ4v) is 2.66. The van der Waals surface area contributed by atoms with Gasteiger partial charge in [0.1, 0.15) is 11.5 Å². The number of benzene rings is 1. The molecule has 2 rings (SSSR count). The molecule has 1 aromatic carbocycles. The van der Waals surface area contributed by atoms with Crippen molar-refractivity contribution in [3.8, 4) is 0 Å². The summed E-state index contributed by atoms with van der Waals surface area (Å²) in [5.74, 6) is 0.00144. The Morgan fingerprint density at radius 3 is 3.05 bits per heavy atom. The van der Waals surface area contributed by atoms with E-state index in [0.29, 0.717) is 12.5 Å². The van der Waals surface area contributed by atoms with Crippen LogP contribution in [-0.2, 0) is 0 Å². The van der Waals surface area contributed by atoms with Crippen LogP contribution in [0.25, 0.3) is 0 Å². The molecule has 0 saturated carbocycles. The van der Waals surface area contributed by atoms with Crippen molar-refractivity contribution in [2.24, 2.45) is 5.92 Å². The molecule has 1 aliphatic rings. The van der Waals surface area contributed by atoms with Gasteiger partial charge in [-0.1, -0.05) is 6.92 Å². The summed E-state index contributed by atoms with van der Waals surface area (Å²) < 4.78 is 13.2. The van der Waals surface area contributed by atoms with Crippen LogP contribution in [-0.4, -0.2) is 36.0 Å². The van der Waals surface area contributed by atoms with Crippen LogP contribution >= 0.6 is 0 Å². The molecule has 0 spiro atoms. The third kappa shape index (κ3) is 3.66. The monoisotopic (exact) mass is 281 g/mol. The number of nitro groups is 1. The van der Waals surface area contributed by atoms with Gasteiger partial charge in [-0.15, -0.1) is 0 Å². The van der Waals surface area contributed by atoms with Gasteiger partial charge in [0.2, 0.25) is 0 Å². The zero-order valence-corrected chi connectivity index (χ0v) is 11.6. The van der Waals surface area contributed by atoms with E-state index in [1.54, 1.807) is 0 Å². The highest BCUT2D eigenvalue weighted by Gasteiger charge is 2.22. The minimum atomic E-state index is -0.486. The number of nitrogens with one attached hydrogen (secondary N) is 1. The van der Waals surface area contributed by atoms with Crippen molar-refractivity contribution in [3.05, 3.63) is 34.1 Å². The van der Waals surface area contributed by atoms with Crippen molar-refractivity contribution < 1.29 is 9.31 Å². The Kier molecular flexibility index (Phi) is 4.89. The zero-order chi connectivity index (χ0) is 14.5. The highest BCUT2D eigenvalue weighted by atomic mass is 19.1. The first-order valence-corrected chi connectivity index (χ1v) is 7.00. The summed E-state index contributed by atoms with van der Waals surface area (Å²) in [5.41, 5.74) is 0.193. The summed E-state index contributed by atoms with van der Waals surface area (Å²) in [6, 6.07) is 3.51. The smallest absolute Gasteiger partial charge is 0.292 e. The van der Waals surface area contributed by atoms with Crippen LogP contribution in [0, 0.1) is 21.8 Å². The lowest BCUT2D eigenvalue weighted by atomic mass is 10.1. The van der Waals surface area contributed by atoms with Crippen molar-refractivity contribution in [3.63, 3.8) is 0 Å². The minimum absolute atomic E-state index is 0.0742. The number of nitrogens with zero attached hydrogens (tertiary/aromatic N) is 2. The van der Waals surface area contributed by atoms with E-state index in [1.807, 2.05) is 0 Å². The average molecular weight is 281 g/mol. The molecule has 0 aromatic heterocycles. The van der Waals surface area contributed by atoms with Crippen molar-refractivity contribution in [1.82, 2.24) is 4.90 Å². The SMILES string of the molecule is CCCN1CCC(CNc2cc(F)ccc2[N+](=O)[O-])C1. The third-order valence-corrected chi connectivity index (χ3v) is 3.65. The minimum Gasteiger partial charge on any atom is -0.379 e. The average Bonchev–Trinajstić information content (AvgIpc) is 2.84. The Bertz CT molecular complexity index is 481. The highest BCUT2D eigenvalue weighted by Crippen LogP contribution is 2.26. The molecule has 6 heteroatoms. The van der Waals surface area contributed by atoms with Gasteiger partial charge in [0.15, 0.2) is 0 Å². The molecule has 110 valence electrons. The van der Waals surface area contributed by atoms with E-state index in [0.717, 1.165) is 38.5 Å². The van der Waals surface area contributed by atoms with Crippen LogP contribution in [0.1, 0.15) is 19.8 Å². The Balaban J connectivity index is 1.94. The van der Waals surface area contributed by atoms with Gasteiger partial charge in [-0.25, -0.2) is 4.39 Å². The predicted molar refractivity (Wildman–Crippen MR) is 76.4 cm³/mol. The number of hydrogen-bond donors (Lipinski definition) is 1. The molecule has 0 amide bonds. The van der Waals surface area contributed by atoms with E-state index in [2.05, 4.69) is 17.1 Å². The lowest BCUT2D eigenvalue weighted by Gasteiger charge is -2.15. The van der Waals surface area contributed by atoms with Crippen LogP contribution in [0.5, 0.6) is 0 Å². The number of halogens is 1. The molecule has 1 aromatic rings. The normalized spacial score (nSPS) is 19.2. The molecular formula is C14H20FN3O2. The first-order valence-electron chi connectivity index (χ1n) is 7.00. The molecule has 1 atom stereocenters. The molecular weight excluding hydrogens is 261 g/mol. The van der Waals surface area contributed by atoms with Gasteiger partial charge < -0.3 is 10.2 Å². The second-order valence-electron chi connectivity index (χ2n) is 5.25. The molecule has 1 aliphatic heterocycles. The summed E-state index contributed by atoms with van der Waals surface area (Å²) >= 11 is 0. The van der Waals surface area contributed by atoms with Crippen molar-refractivity contribution in [2.45, 2.75) is 19.8 Å². The molecule has 1 heterocycles. The van der Waals surface area contributed by atoms with E-state index in [9.17, 15) is 14.5 Å². The van der Waals surface area contributed by atoms with E-state index in [4.69, 9.17) is 0 Å². The number of rotatable bonds is 6. The second kappa shape index (κ2) is 6.65. The number of hydrogen-bond acceptors (Lipinski definition) is 4. The predicted octanol–water partition coefficient (Wildman–Crippen LogP) is 2.88. The maximum absolute atomic E-state index is 13.2. The standard InChI is InChI=1S/C14H20FN3O2/c1-2-6-17-7-5-11(10-17)9-16-13-8-12(15)3-4-14(13)18(19)20/h3-4,8,11,16H,2,5-7,9-10H2,1H3. The lowest BCUT2D eigenvalue weighted by molar-refractivity contribution is -0.384. The van der Waals surface area contributed by atoms with Gasteiger partial charge in [0.25, 0.3) is 5.69 Å². The second-order valence-corrected chi connectivity index (χ2v) is 5.25. The van der Waals surface area contributed by atoms with Crippen molar-refractivity contribution in [2.75, 3.05) is 31.5 Å². The topological polar surface area (TPSA) is 58.4 Å². The molecule has 1 unspecified atom stereocenters. The quantitative estimate of drug-likeness (QED) is 0.643. The summed E-state index contributed by atoms with van der Waals surface area (Å²) in [6.45, 7) is 5.97. The van der Waals surface area contributed by atoms with Crippen molar-refractivity contribution >= 4 is 11.4 Å². The van der Waals surface area contributed by atoms with Gasteiger partial charge >= 0.3 is 0 Å². The van der Waals surface area contributed by atoms with E-state index >= 15 is 0 Å². The fraction of sp³-hybridized carbons (Fsp3) is 0.571. The van der Waals surface area contributed by atoms with Gasteiger partial charge in [-0.2, -0.15) is 0 Å². The molecule has 0 bridgehead atoms. The maximum atomic E-state index is 13.2. The summed E-state index contributed by atoms with van der Waals surface area (Å²) in [6.07, 6.45) is 2.21. The number of nitro benzene ring substituents is 1. The molecule has 1 N–H and O–H groups in total. The zero-order valence-electron chi connectivity index (χ0n) is 11.6. The molecule has 20 heavy (non-hydrogen) atoms. The van der Waals surface area contributed by atoms with Crippen LogP contribution in [0.2, 0.25) is 0 Å². The van der Waals surface area contributed by atoms with Crippen LogP contribution in [0.15, 0.2) is 18.2 Å². The van der Waals surface area contributed by atoms with E-state index < -0.39 is 10.7 Å². The Morgan fingerprint density at radius 1 is 1.55 bits per heavy atom. The molecule has 1 fully saturated rings. The van der Waals surface area contributed by atoms with Gasteiger partial charge in [0, 0.05) is 25.2 Å². The van der Waals surface area contributed by atoms with Gasteiger partial charge in [-0.05, 0) is 37.9 Å². The molecule has 5 nitrogen and oxygen atoms in total. The molecule has 1 saturated heterocycles. The Morgan fingerprint density at radius 2 is 2.35 bits per heavy atom. The van der Waals surface area contributed by atoms with Crippen LogP contribution in [0.3, 0.4) is 0 Å². The van der Waals surface area contributed by atoms with E-state index in [-0.39, 0.29) is 11.4 Å². The Labute approximate surface area is 117 Å². The number of likely N-dealkylation sites (tertiary alicyclic amines) is 1. The summed E-state index contributed by atoms with van der Waals surface area (Å²) in [7, 11) is 0. The van der Waals surface area contributed by atoms with Crippen molar-refractivity contribution in [1.29, 1.82) is 0 Å². The molecule has 0 radical (unpaired) electrons. The summed E-state index contributed by atoms with van der Waals surface area (Å²) in [5, 5.41) is 13.9.